The molecule has 0 aliphatic carbocycles. The van der Waals surface area contributed by atoms with E-state index in [9.17, 15) is 4.39 Å². The summed E-state index contributed by atoms with van der Waals surface area (Å²) >= 11 is 5.90. The van der Waals surface area contributed by atoms with Gasteiger partial charge in [-0.25, -0.2) is 9.37 Å². The van der Waals surface area contributed by atoms with Crippen LogP contribution in [0.1, 0.15) is 32.6 Å². The molecule has 0 N–H and O–H groups in total. The van der Waals surface area contributed by atoms with Gasteiger partial charge < -0.3 is 9.30 Å². The first-order valence-corrected chi connectivity index (χ1v) is 7.92. The number of hydrogen-bond donors (Lipinski definition) is 0. The molecule has 21 heavy (non-hydrogen) atoms. The summed E-state index contributed by atoms with van der Waals surface area (Å²) in [5.74, 6) is 1.49. The summed E-state index contributed by atoms with van der Waals surface area (Å²) in [5, 5.41) is 0. The second-order valence-electron chi connectivity index (χ2n) is 5.44. The minimum absolute atomic E-state index is 0.120. The number of nitrogens with zero attached hydrogens (tertiary/aromatic N) is 2. The largest absolute Gasteiger partial charge is 0.380 e. The lowest BCUT2D eigenvalue weighted by molar-refractivity contribution is 0.0969. The number of imidazole rings is 1. The number of hydrogen-bond acceptors (Lipinski definition) is 2. The normalized spacial score (nSPS) is 13.2. The summed E-state index contributed by atoms with van der Waals surface area (Å²) in [5.41, 5.74) is 1.62. The summed E-state index contributed by atoms with van der Waals surface area (Å²) in [6, 6.07) is 4.82. The lowest BCUT2D eigenvalue weighted by atomic mass is 10.0. The van der Waals surface area contributed by atoms with Gasteiger partial charge in [-0.05, 0) is 31.0 Å². The van der Waals surface area contributed by atoms with Crippen LogP contribution < -0.4 is 0 Å². The van der Waals surface area contributed by atoms with Gasteiger partial charge in [0.25, 0.3) is 0 Å². The Balaban J connectivity index is 2.55. The van der Waals surface area contributed by atoms with Crippen LogP contribution in [0.5, 0.6) is 0 Å². The molecule has 1 aromatic carbocycles. The van der Waals surface area contributed by atoms with E-state index >= 15 is 0 Å². The molecule has 1 unspecified atom stereocenters. The number of aryl methyl sites for hydroxylation is 1. The third-order valence-electron chi connectivity index (χ3n) is 3.64. The van der Waals surface area contributed by atoms with Crippen molar-refractivity contribution in [1.29, 1.82) is 0 Å². The summed E-state index contributed by atoms with van der Waals surface area (Å²) in [6.45, 7) is 7.50. The SMILES string of the molecule is CCOCC(C(C)C)n1c(CCCl)nc2ccc(F)cc21. The van der Waals surface area contributed by atoms with Crippen molar-refractivity contribution in [3.8, 4) is 0 Å². The van der Waals surface area contributed by atoms with E-state index in [2.05, 4.69) is 23.4 Å². The van der Waals surface area contributed by atoms with Gasteiger partial charge in [0.15, 0.2) is 0 Å². The summed E-state index contributed by atoms with van der Waals surface area (Å²) in [4.78, 5) is 4.61. The van der Waals surface area contributed by atoms with E-state index in [0.29, 0.717) is 31.4 Å². The predicted octanol–water partition coefficient (Wildman–Crippen LogP) is 4.19. The van der Waals surface area contributed by atoms with E-state index in [4.69, 9.17) is 16.3 Å². The van der Waals surface area contributed by atoms with Crippen LogP contribution >= 0.6 is 11.6 Å². The van der Waals surface area contributed by atoms with Crippen LogP contribution in [0.15, 0.2) is 18.2 Å². The number of aromatic nitrogens is 2. The molecule has 1 heterocycles. The number of ether oxygens (including phenoxy) is 1. The van der Waals surface area contributed by atoms with Gasteiger partial charge in [0.1, 0.15) is 11.6 Å². The topological polar surface area (TPSA) is 27.1 Å². The van der Waals surface area contributed by atoms with Crippen molar-refractivity contribution in [2.24, 2.45) is 5.92 Å². The first kappa shape index (κ1) is 16.2. The second kappa shape index (κ2) is 7.23. The lowest BCUT2D eigenvalue weighted by Crippen LogP contribution is -2.23. The van der Waals surface area contributed by atoms with Crippen LogP contribution in [-0.2, 0) is 11.2 Å². The van der Waals surface area contributed by atoms with E-state index in [0.717, 1.165) is 16.9 Å². The fraction of sp³-hybridized carbons (Fsp3) is 0.562. The first-order chi connectivity index (χ1) is 10.1. The maximum atomic E-state index is 13.6. The fourth-order valence-corrected chi connectivity index (χ4v) is 2.72. The van der Waals surface area contributed by atoms with E-state index in [-0.39, 0.29) is 11.9 Å². The lowest BCUT2D eigenvalue weighted by Gasteiger charge is -2.25. The average Bonchev–Trinajstić information content (AvgIpc) is 2.77. The Kier molecular flexibility index (Phi) is 5.59. The van der Waals surface area contributed by atoms with E-state index < -0.39 is 0 Å². The van der Waals surface area contributed by atoms with Gasteiger partial charge in [0.2, 0.25) is 0 Å². The highest BCUT2D eigenvalue weighted by Gasteiger charge is 2.22. The second-order valence-corrected chi connectivity index (χ2v) is 5.82. The van der Waals surface area contributed by atoms with Crippen molar-refractivity contribution in [3.05, 3.63) is 29.8 Å². The zero-order valence-electron chi connectivity index (χ0n) is 12.8. The number of fused-ring (bicyclic) bond motifs is 1. The Hall–Kier alpha value is -1.13. The quantitative estimate of drug-likeness (QED) is 0.717. The number of rotatable bonds is 7. The fourth-order valence-electron chi connectivity index (χ4n) is 2.55. The average molecular weight is 313 g/mol. The molecule has 116 valence electrons. The zero-order valence-corrected chi connectivity index (χ0v) is 13.5. The van der Waals surface area contributed by atoms with Crippen LogP contribution in [0.25, 0.3) is 11.0 Å². The molecule has 0 bridgehead atoms. The van der Waals surface area contributed by atoms with Gasteiger partial charge >= 0.3 is 0 Å². The number of alkyl halides is 1. The third-order valence-corrected chi connectivity index (χ3v) is 3.83. The molecule has 0 radical (unpaired) electrons. The minimum Gasteiger partial charge on any atom is -0.380 e. The van der Waals surface area contributed by atoms with E-state index in [1.165, 1.54) is 6.07 Å². The van der Waals surface area contributed by atoms with E-state index in [1.807, 2.05) is 6.92 Å². The highest BCUT2D eigenvalue weighted by molar-refractivity contribution is 6.17. The molecule has 0 saturated heterocycles. The maximum Gasteiger partial charge on any atom is 0.125 e. The van der Waals surface area contributed by atoms with Crippen molar-refractivity contribution in [3.63, 3.8) is 0 Å². The van der Waals surface area contributed by atoms with Crippen LogP contribution in [0.3, 0.4) is 0 Å². The van der Waals surface area contributed by atoms with Crippen molar-refractivity contribution in [2.75, 3.05) is 19.1 Å². The molecule has 2 aromatic rings. The van der Waals surface area contributed by atoms with Gasteiger partial charge in [-0.15, -0.1) is 11.6 Å². The molecule has 0 fully saturated rings. The molecule has 0 spiro atoms. The molecule has 3 nitrogen and oxygen atoms in total. The van der Waals surface area contributed by atoms with Crippen LogP contribution in [-0.4, -0.2) is 28.6 Å². The molecular weight excluding hydrogens is 291 g/mol. The molecule has 0 amide bonds. The van der Waals surface area contributed by atoms with Crippen LogP contribution in [0, 0.1) is 11.7 Å². The van der Waals surface area contributed by atoms with Crippen molar-refractivity contribution in [1.82, 2.24) is 9.55 Å². The molecular formula is C16H22ClFN2O. The van der Waals surface area contributed by atoms with Crippen molar-refractivity contribution >= 4 is 22.6 Å². The van der Waals surface area contributed by atoms with Gasteiger partial charge in [-0.1, -0.05) is 13.8 Å². The molecule has 5 heteroatoms. The first-order valence-electron chi connectivity index (χ1n) is 7.38. The maximum absolute atomic E-state index is 13.6. The Morgan fingerprint density at radius 2 is 2.14 bits per heavy atom. The Morgan fingerprint density at radius 1 is 1.38 bits per heavy atom. The molecule has 1 aromatic heterocycles. The highest BCUT2D eigenvalue weighted by atomic mass is 35.5. The Labute approximate surface area is 130 Å². The summed E-state index contributed by atoms with van der Waals surface area (Å²) in [6.07, 6.45) is 0.660. The number of halogens is 2. The molecule has 0 aliphatic heterocycles. The van der Waals surface area contributed by atoms with Crippen molar-refractivity contribution < 1.29 is 9.13 Å². The highest BCUT2D eigenvalue weighted by Crippen LogP contribution is 2.27. The predicted molar refractivity (Wildman–Crippen MR) is 84.5 cm³/mol. The third kappa shape index (κ3) is 3.55. The summed E-state index contributed by atoms with van der Waals surface area (Å²) in [7, 11) is 0. The monoisotopic (exact) mass is 312 g/mol. The van der Waals surface area contributed by atoms with Gasteiger partial charge in [-0.3, -0.25) is 0 Å². The molecule has 0 saturated carbocycles. The summed E-state index contributed by atoms with van der Waals surface area (Å²) < 4.78 is 21.3. The van der Waals surface area contributed by atoms with Crippen LogP contribution in [0.2, 0.25) is 0 Å². The van der Waals surface area contributed by atoms with Gasteiger partial charge in [0.05, 0.1) is 23.7 Å². The Morgan fingerprint density at radius 3 is 2.76 bits per heavy atom. The molecule has 0 aliphatic rings. The standard InChI is InChI=1S/C16H22ClFN2O/c1-4-21-10-15(11(2)3)20-14-9-12(18)5-6-13(14)19-16(20)7-8-17/h5-6,9,11,15H,4,7-8,10H2,1-3H3. The van der Waals surface area contributed by atoms with Crippen molar-refractivity contribution in [2.45, 2.75) is 33.2 Å². The Bertz CT molecular complexity index is 597. The zero-order chi connectivity index (χ0) is 15.4. The smallest absolute Gasteiger partial charge is 0.125 e. The molecule has 2 rings (SSSR count). The number of benzene rings is 1. The minimum atomic E-state index is -0.250. The molecule has 1 atom stereocenters. The van der Waals surface area contributed by atoms with Gasteiger partial charge in [-0.2, -0.15) is 0 Å². The van der Waals surface area contributed by atoms with Gasteiger partial charge in [0, 0.05) is 18.9 Å². The van der Waals surface area contributed by atoms with E-state index in [1.54, 1.807) is 12.1 Å². The van der Waals surface area contributed by atoms with Crippen LogP contribution in [0.4, 0.5) is 4.39 Å².